The lowest BCUT2D eigenvalue weighted by atomic mass is 9.73. The second-order valence-corrected chi connectivity index (χ2v) is 8.45. The molecule has 0 spiro atoms. The Kier molecular flexibility index (Phi) is 6.64. The van der Waals surface area contributed by atoms with E-state index in [0.717, 1.165) is 29.5 Å². The predicted molar refractivity (Wildman–Crippen MR) is 126 cm³/mol. The maximum atomic E-state index is 13.3. The molecule has 1 atom stereocenters. The summed E-state index contributed by atoms with van der Waals surface area (Å²) in [6.07, 6.45) is 5.73. The van der Waals surface area contributed by atoms with E-state index in [1.807, 2.05) is 60.4 Å². The molecule has 164 valence electrons. The van der Waals surface area contributed by atoms with Gasteiger partial charge in [0.15, 0.2) is 0 Å². The quantitative estimate of drug-likeness (QED) is 0.636. The second kappa shape index (κ2) is 9.77. The molecule has 0 saturated carbocycles. The summed E-state index contributed by atoms with van der Waals surface area (Å²) in [5.74, 6) is 0.0179. The van der Waals surface area contributed by atoms with Crippen LogP contribution in [0.2, 0.25) is 0 Å². The van der Waals surface area contributed by atoms with E-state index in [1.54, 1.807) is 12.4 Å². The SMILES string of the molecule is CCNC(=O)C1(Cc2cccc(-c3ccncc3)c2)CCCN(C(=O)c2ccccc2)C1. The summed E-state index contributed by atoms with van der Waals surface area (Å²) in [5.41, 5.74) is 3.32. The van der Waals surface area contributed by atoms with Gasteiger partial charge >= 0.3 is 0 Å². The number of nitrogens with zero attached hydrogens (tertiary/aromatic N) is 2. The standard InChI is InChI=1S/C27H29N3O2/c1-2-29-26(32)27(14-7-17-30(20-27)25(31)23-9-4-3-5-10-23)19-21-8-6-11-24(18-21)22-12-15-28-16-13-22/h3-6,8-13,15-16,18H,2,7,14,17,19-20H2,1H3,(H,29,32). The van der Waals surface area contributed by atoms with Crippen LogP contribution in [0.1, 0.15) is 35.7 Å². The van der Waals surface area contributed by atoms with Crippen LogP contribution >= 0.6 is 0 Å². The van der Waals surface area contributed by atoms with Gasteiger partial charge in [-0.3, -0.25) is 14.6 Å². The fourth-order valence-corrected chi connectivity index (χ4v) is 4.62. The van der Waals surface area contributed by atoms with Gasteiger partial charge < -0.3 is 10.2 Å². The van der Waals surface area contributed by atoms with Crippen molar-refractivity contribution >= 4 is 11.8 Å². The highest BCUT2D eigenvalue weighted by molar-refractivity contribution is 5.95. The van der Waals surface area contributed by atoms with Crippen molar-refractivity contribution < 1.29 is 9.59 Å². The van der Waals surface area contributed by atoms with Gasteiger partial charge in [0.05, 0.1) is 5.41 Å². The average molecular weight is 428 g/mol. The van der Waals surface area contributed by atoms with Gasteiger partial charge in [0.1, 0.15) is 0 Å². The first-order valence-electron chi connectivity index (χ1n) is 11.2. The summed E-state index contributed by atoms with van der Waals surface area (Å²) in [6, 6.07) is 21.6. The van der Waals surface area contributed by atoms with Crippen LogP contribution in [0.25, 0.3) is 11.1 Å². The van der Waals surface area contributed by atoms with Gasteiger partial charge in [-0.05, 0) is 67.1 Å². The molecule has 4 rings (SSSR count). The van der Waals surface area contributed by atoms with Crippen molar-refractivity contribution in [3.05, 3.63) is 90.3 Å². The fraction of sp³-hybridized carbons (Fsp3) is 0.296. The van der Waals surface area contributed by atoms with Crippen LogP contribution < -0.4 is 5.32 Å². The molecule has 5 heteroatoms. The molecule has 1 fully saturated rings. The maximum absolute atomic E-state index is 13.3. The number of amides is 2. The number of piperidine rings is 1. The fourth-order valence-electron chi connectivity index (χ4n) is 4.62. The van der Waals surface area contributed by atoms with E-state index in [9.17, 15) is 9.59 Å². The zero-order valence-electron chi connectivity index (χ0n) is 18.5. The molecule has 1 saturated heterocycles. The largest absolute Gasteiger partial charge is 0.356 e. The van der Waals surface area contributed by atoms with Crippen molar-refractivity contribution in [2.24, 2.45) is 5.41 Å². The van der Waals surface area contributed by atoms with Gasteiger partial charge in [-0.15, -0.1) is 0 Å². The molecule has 3 aromatic rings. The van der Waals surface area contributed by atoms with Gasteiger partial charge in [-0.2, -0.15) is 0 Å². The number of aromatic nitrogens is 1. The third-order valence-corrected chi connectivity index (χ3v) is 6.19. The molecule has 1 aromatic heterocycles. The van der Waals surface area contributed by atoms with Crippen molar-refractivity contribution in [2.75, 3.05) is 19.6 Å². The minimum Gasteiger partial charge on any atom is -0.356 e. The number of carbonyl (C=O) groups is 2. The van der Waals surface area contributed by atoms with Crippen molar-refractivity contribution in [2.45, 2.75) is 26.2 Å². The van der Waals surface area contributed by atoms with Crippen LogP contribution in [-0.4, -0.2) is 41.3 Å². The Balaban J connectivity index is 1.62. The van der Waals surface area contributed by atoms with E-state index in [-0.39, 0.29) is 11.8 Å². The highest BCUT2D eigenvalue weighted by Gasteiger charge is 2.43. The molecule has 2 amide bonds. The summed E-state index contributed by atoms with van der Waals surface area (Å²) in [7, 11) is 0. The summed E-state index contributed by atoms with van der Waals surface area (Å²) in [4.78, 5) is 32.4. The molecular formula is C27H29N3O2. The second-order valence-electron chi connectivity index (χ2n) is 8.45. The number of hydrogen-bond donors (Lipinski definition) is 1. The minimum atomic E-state index is -0.643. The average Bonchev–Trinajstić information content (AvgIpc) is 2.85. The third kappa shape index (κ3) is 4.72. The van der Waals surface area contributed by atoms with Crippen LogP contribution in [0, 0.1) is 5.41 Å². The lowest BCUT2D eigenvalue weighted by Gasteiger charge is -2.42. The predicted octanol–water partition coefficient (Wildman–Crippen LogP) is 4.35. The highest BCUT2D eigenvalue weighted by atomic mass is 16.2. The number of carbonyl (C=O) groups excluding carboxylic acids is 2. The summed E-state index contributed by atoms with van der Waals surface area (Å²) in [6.45, 7) is 3.60. The molecule has 1 N–H and O–H groups in total. The third-order valence-electron chi connectivity index (χ3n) is 6.19. The minimum absolute atomic E-state index is 0.00971. The maximum Gasteiger partial charge on any atom is 0.253 e. The normalized spacial score (nSPS) is 18.2. The molecule has 5 nitrogen and oxygen atoms in total. The summed E-state index contributed by atoms with van der Waals surface area (Å²) < 4.78 is 0. The molecule has 32 heavy (non-hydrogen) atoms. The molecule has 2 aromatic carbocycles. The van der Waals surface area contributed by atoms with Crippen LogP contribution in [-0.2, 0) is 11.2 Å². The molecule has 0 radical (unpaired) electrons. The van der Waals surface area contributed by atoms with Crippen molar-refractivity contribution in [1.82, 2.24) is 15.2 Å². The summed E-state index contributed by atoms with van der Waals surface area (Å²) >= 11 is 0. The molecule has 1 unspecified atom stereocenters. The highest BCUT2D eigenvalue weighted by Crippen LogP contribution is 2.36. The van der Waals surface area contributed by atoms with E-state index < -0.39 is 5.41 Å². The van der Waals surface area contributed by atoms with Crippen molar-refractivity contribution in [3.8, 4) is 11.1 Å². The topological polar surface area (TPSA) is 62.3 Å². The van der Waals surface area contributed by atoms with Crippen molar-refractivity contribution in [3.63, 3.8) is 0 Å². The lowest BCUT2D eigenvalue weighted by molar-refractivity contribution is -0.133. The Labute approximate surface area is 189 Å². The Morgan fingerprint density at radius 2 is 1.78 bits per heavy atom. The Morgan fingerprint density at radius 3 is 2.53 bits per heavy atom. The Bertz CT molecular complexity index is 1070. The van der Waals surface area contributed by atoms with E-state index in [4.69, 9.17) is 0 Å². The van der Waals surface area contributed by atoms with Crippen LogP contribution in [0.3, 0.4) is 0 Å². The number of nitrogens with one attached hydrogen (secondary N) is 1. The zero-order chi connectivity index (χ0) is 22.4. The van der Waals surface area contributed by atoms with Gasteiger partial charge in [-0.1, -0.05) is 42.5 Å². The molecule has 0 aliphatic carbocycles. The number of pyridine rings is 1. The van der Waals surface area contributed by atoms with Gasteiger partial charge in [0.2, 0.25) is 5.91 Å². The lowest BCUT2D eigenvalue weighted by Crippen LogP contribution is -2.54. The number of likely N-dealkylation sites (tertiary alicyclic amines) is 1. The van der Waals surface area contributed by atoms with E-state index in [0.29, 0.717) is 31.6 Å². The first-order valence-corrected chi connectivity index (χ1v) is 11.2. The van der Waals surface area contributed by atoms with Crippen LogP contribution in [0.4, 0.5) is 0 Å². The van der Waals surface area contributed by atoms with Gasteiger partial charge in [0, 0.05) is 37.6 Å². The Morgan fingerprint density at radius 1 is 1.00 bits per heavy atom. The monoisotopic (exact) mass is 427 g/mol. The molecular weight excluding hydrogens is 398 g/mol. The zero-order valence-corrected chi connectivity index (χ0v) is 18.5. The van der Waals surface area contributed by atoms with Crippen LogP contribution in [0.15, 0.2) is 79.1 Å². The van der Waals surface area contributed by atoms with Crippen LogP contribution in [0.5, 0.6) is 0 Å². The number of hydrogen-bond acceptors (Lipinski definition) is 3. The van der Waals surface area contributed by atoms with E-state index >= 15 is 0 Å². The molecule has 0 bridgehead atoms. The van der Waals surface area contributed by atoms with E-state index in [1.165, 1.54) is 0 Å². The van der Waals surface area contributed by atoms with E-state index in [2.05, 4.69) is 28.5 Å². The van der Waals surface area contributed by atoms with Gasteiger partial charge in [0.25, 0.3) is 5.91 Å². The van der Waals surface area contributed by atoms with Crippen molar-refractivity contribution in [1.29, 1.82) is 0 Å². The number of benzene rings is 2. The molecule has 1 aliphatic rings. The smallest absolute Gasteiger partial charge is 0.253 e. The first-order chi connectivity index (χ1) is 15.6. The van der Waals surface area contributed by atoms with Gasteiger partial charge in [-0.25, -0.2) is 0 Å². The first kappa shape index (κ1) is 21.8. The molecule has 2 heterocycles. The Hall–Kier alpha value is -3.47. The molecule has 1 aliphatic heterocycles. The number of rotatable bonds is 6. The summed E-state index contributed by atoms with van der Waals surface area (Å²) in [5, 5.41) is 3.04.